The molecule has 2 rings (SSSR count). The first kappa shape index (κ1) is 52.6. The highest BCUT2D eigenvalue weighted by Gasteiger charge is 2.53. The van der Waals surface area contributed by atoms with Gasteiger partial charge in [-0.3, -0.25) is 9.59 Å². The second-order valence-corrected chi connectivity index (χ2v) is 17.5. The van der Waals surface area contributed by atoms with E-state index in [0.717, 1.165) is 43.4 Å². The third-order valence-corrected chi connectivity index (χ3v) is 11.7. The average Bonchev–Trinajstić information content (AvgIpc) is 3.22. The zero-order chi connectivity index (χ0) is 43.3. The van der Waals surface area contributed by atoms with Gasteiger partial charge in [-0.05, 0) is 30.7 Å². The Morgan fingerprint density at radius 2 is 1.19 bits per heavy atom. The van der Waals surface area contributed by atoms with Crippen molar-refractivity contribution in [3.8, 4) is 0 Å². The summed E-state index contributed by atoms with van der Waals surface area (Å²) in [5.41, 5.74) is 7.10. The molecule has 340 valence electrons. The maximum atomic E-state index is 14.3. The van der Waals surface area contributed by atoms with Gasteiger partial charge in [0.25, 0.3) is 0 Å². The van der Waals surface area contributed by atoms with Gasteiger partial charge in [0.05, 0.1) is 12.6 Å². The predicted molar refractivity (Wildman–Crippen MR) is 236 cm³/mol. The molecule has 0 aliphatic carbocycles. The Hall–Kier alpha value is -2.57. The van der Waals surface area contributed by atoms with Crippen molar-refractivity contribution in [2.75, 3.05) is 13.2 Å². The van der Waals surface area contributed by atoms with Crippen LogP contribution in [-0.4, -0.2) is 92.8 Å². The molecule has 0 unspecified atom stereocenters. The minimum atomic E-state index is -1.76. The summed E-state index contributed by atoms with van der Waals surface area (Å²) in [6.07, 6.45) is 19.8. The lowest BCUT2D eigenvalue weighted by Gasteiger charge is -2.49. The Labute approximate surface area is 358 Å². The van der Waals surface area contributed by atoms with Crippen molar-refractivity contribution in [2.24, 2.45) is 11.7 Å². The average molecular weight is 832 g/mol. The summed E-state index contributed by atoms with van der Waals surface area (Å²) in [6, 6.07) is 6.34. The first-order valence-corrected chi connectivity index (χ1v) is 23.8. The first-order valence-electron chi connectivity index (χ1n) is 23.8. The Morgan fingerprint density at radius 1 is 0.712 bits per heavy atom. The molecule has 1 aliphatic rings. The maximum Gasteiger partial charge on any atom is 0.417 e. The zero-order valence-corrected chi connectivity index (χ0v) is 37.6. The van der Waals surface area contributed by atoms with E-state index in [9.17, 15) is 29.7 Å². The molecule has 6 atom stereocenters. The lowest BCUT2D eigenvalue weighted by Crippen LogP contribution is -2.71. The molecule has 1 aromatic rings. The normalized spacial score (nSPS) is 19.8. The van der Waals surface area contributed by atoms with Crippen molar-refractivity contribution in [3.05, 3.63) is 35.9 Å². The van der Waals surface area contributed by atoms with Crippen LogP contribution in [0.25, 0.3) is 0 Å². The second kappa shape index (κ2) is 32.2. The van der Waals surface area contributed by atoms with Crippen molar-refractivity contribution < 1.29 is 39.2 Å². The van der Waals surface area contributed by atoms with Crippen LogP contribution in [0.15, 0.2) is 30.3 Å². The number of aliphatic hydroxyl groups excluding tert-OH is 3. The van der Waals surface area contributed by atoms with Gasteiger partial charge < -0.3 is 35.4 Å². The lowest BCUT2D eigenvalue weighted by atomic mass is 9.92. The maximum absolute atomic E-state index is 14.3. The number of amides is 3. The Morgan fingerprint density at radius 3 is 1.66 bits per heavy atom. The summed E-state index contributed by atoms with van der Waals surface area (Å²) in [6.45, 7) is 7.74. The summed E-state index contributed by atoms with van der Waals surface area (Å²) in [5.74, 6) is -1.01. The van der Waals surface area contributed by atoms with E-state index in [1.54, 1.807) is 24.3 Å². The van der Waals surface area contributed by atoms with Crippen LogP contribution in [0.1, 0.15) is 194 Å². The molecular formula is C48H85N3O8. The van der Waals surface area contributed by atoms with Crippen LogP contribution in [0.5, 0.6) is 0 Å². The number of hydrogen-bond acceptors (Lipinski definition) is 9. The molecule has 59 heavy (non-hydrogen) atoms. The minimum absolute atomic E-state index is 0.0126. The number of nitrogens with zero attached hydrogens (tertiary/aromatic N) is 2. The van der Waals surface area contributed by atoms with E-state index < -0.39 is 55.2 Å². The Balaban J connectivity index is 2.26. The predicted octanol–water partition coefficient (Wildman–Crippen LogP) is 9.56. The zero-order valence-electron chi connectivity index (χ0n) is 37.6. The third-order valence-electron chi connectivity index (χ3n) is 11.7. The van der Waals surface area contributed by atoms with Crippen LogP contribution in [-0.2, 0) is 25.7 Å². The molecule has 1 aliphatic heterocycles. The van der Waals surface area contributed by atoms with E-state index in [-0.39, 0.29) is 37.8 Å². The Kier molecular flexibility index (Phi) is 28.7. The third kappa shape index (κ3) is 20.7. The van der Waals surface area contributed by atoms with Crippen LogP contribution in [0.3, 0.4) is 0 Å². The number of aliphatic hydroxyl groups is 3. The molecule has 1 fully saturated rings. The number of imide groups is 1. The number of carbonyl (C=O) groups excluding carboxylic acids is 3. The van der Waals surface area contributed by atoms with Crippen LogP contribution in [0.2, 0.25) is 0 Å². The monoisotopic (exact) mass is 832 g/mol. The molecule has 11 nitrogen and oxygen atoms in total. The highest BCUT2D eigenvalue weighted by atomic mass is 16.6. The molecule has 3 amide bonds. The van der Waals surface area contributed by atoms with Crippen LogP contribution in [0.4, 0.5) is 4.79 Å². The molecule has 0 saturated carbocycles. The number of nitrogens with two attached hydrogens (primary N) is 1. The van der Waals surface area contributed by atoms with E-state index >= 15 is 0 Å². The van der Waals surface area contributed by atoms with Gasteiger partial charge >= 0.3 is 6.09 Å². The number of benzene rings is 1. The largest absolute Gasteiger partial charge is 0.444 e. The summed E-state index contributed by atoms with van der Waals surface area (Å²) in [7, 11) is 0. The van der Waals surface area contributed by atoms with Crippen molar-refractivity contribution in [1.82, 2.24) is 9.80 Å². The molecule has 5 N–H and O–H groups in total. The standard InChI is InChI=1S/C48H85N3O8/c1-5-7-9-11-13-15-16-17-18-19-21-23-25-30-34-50(42(53)33-29-24-22-20-14-12-10-8-6-2)47-43(45(55)44(54)41(36-52)59-47)51(46(56)40(49)35-38(3)4)48(57)58-37-39-31-27-26-28-32-39/h26-28,31-32,38,40-41,43-45,47,52,54-55H,5-25,29-30,33-37,49H2,1-4H3/t40-,41+,43+,44+,45+,47+/m0/s1. The highest BCUT2D eigenvalue weighted by Crippen LogP contribution is 2.31. The van der Waals surface area contributed by atoms with E-state index in [1.165, 1.54) is 101 Å². The second-order valence-electron chi connectivity index (χ2n) is 17.5. The van der Waals surface area contributed by atoms with E-state index in [4.69, 9.17) is 15.2 Å². The summed E-state index contributed by atoms with van der Waals surface area (Å²) in [5, 5.41) is 33.2. The van der Waals surface area contributed by atoms with E-state index in [2.05, 4.69) is 13.8 Å². The fraction of sp³-hybridized carbons (Fsp3) is 0.812. The summed E-state index contributed by atoms with van der Waals surface area (Å²) < 4.78 is 12.0. The quantitative estimate of drug-likeness (QED) is 0.0506. The number of rotatable bonds is 33. The van der Waals surface area contributed by atoms with Gasteiger partial charge in [-0.15, -0.1) is 0 Å². The van der Waals surface area contributed by atoms with Gasteiger partial charge in [-0.25, -0.2) is 9.69 Å². The topological polar surface area (TPSA) is 163 Å². The molecule has 11 heteroatoms. The van der Waals surface area contributed by atoms with E-state index in [1.807, 2.05) is 19.9 Å². The molecule has 1 aromatic carbocycles. The first-order chi connectivity index (χ1) is 28.6. The van der Waals surface area contributed by atoms with E-state index in [0.29, 0.717) is 18.4 Å². The number of carbonyl (C=O) groups is 3. The Bertz CT molecular complexity index is 1240. The molecule has 1 saturated heterocycles. The van der Waals surface area contributed by atoms with Crippen molar-refractivity contribution in [3.63, 3.8) is 0 Å². The molecule has 0 spiro atoms. The number of ether oxygens (including phenoxy) is 2. The van der Waals surface area contributed by atoms with Gasteiger partial charge in [0.1, 0.15) is 31.0 Å². The highest BCUT2D eigenvalue weighted by molar-refractivity contribution is 5.95. The van der Waals surface area contributed by atoms with Gasteiger partial charge in [-0.1, -0.05) is 193 Å². The van der Waals surface area contributed by atoms with Crippen LogP contribution < -0.4 is 5.73 Å². The lowest BCUT2D eigenvalue weighted by molar-refractivity contribution is -0.245. The van der Waals surface area contributed by atoms with Gasteiger partial charge in [0.2, 0.25) is 11.8 Å². The van der Waals surface area contributed by atoms with Gasteiger partial charge in [0, 0.05) is 13.0 Å². The van der Waals surface area contributed by atoms with Gasteiger partial charge in [-0.2, -0.15) is 0 Å². The van der Waals surface area contributed by atoms with Crippen molar-refractivity contribution >= 4 is 17.9 Å². The summed E-state index contributed by atoms with van der Waals surface area (Å²) in [4.78, 5) is 44.9. The molecule has 0 radical (unpaired) electrons. The number of unbranched alkanes of at least 4 members (excludes halogenated alkanes) is 21. The van der Waals surface area contributed by atoms with Gasteiger partial charge in [0.15, 0.2) is 6.23 Å². The van der Waals surface area contributed by atoms with Crippen molar-refractivity contribution in [1.29, 1.82) is 0 Å². The molecule has 0 aromatic heterocycles. The van der Waals surface area contributed by atoms with Crippen LogP contribution in [0, 0.1) is 5.92 Å². The fourth-order valence-corrected chi connectivity index (χ4v) is 8.16. The SMILES string of the molecule is CCCCCCCCCCCCCCCCN(C(=O)CCCCCCCCCCC)[C@@H]1O[C@H](CO)[C@@H](O)[C@H](O)[C@H]1N(C(=O)OCc1ccccc1)C(=O)[C@@H](N)CC(C)C. The smallest absolute Gasteiger partial charge is 0.417 e. The molecule has 0 bridgehead atoms. The molecule has 1 heterocycles. The fourth-order valence-electron chi connectivity index (χ4n) is 8.16. The minimum Gasteiger partial charge on any atom is -0.444 e. The molecular weight excluding hydrogens is 747 g/mol. The van der Waals surface area contributed by atoms with Crippen LogP contribution >= 0.6 is 0 Å². The summed E-state index contributed by atoms with van der Waals surface area (Å²) >= 11 is 0. The van der Waals surface area contributed by atoms with Crippen molar-refractivity contribution in [2.45, 2.75) is 231 Å². The number of hydrogen-bond donors (Lipinski definition) is 4.